The van der Waals surface area contributed by atoms with Gasteiger partial charge in [-0.05, 0) is 18.1 Å². The van der Waals surface area contributed by atoms with Gasteiger partial charge in [0, 0.05) is 0 Å². The van der Waals surface area contributed by atoms with Crippen molar-refractivity contribution in [2.24, 2.45) is 0 Å². The summed E-state index contributed by atoms with van der Waals surface area (Å²) in [4.78, 5) is 0. The zero-order valence-corrected chi connectivity index (χ0v) is 7.83. The van der Waals surface area contributed by atoms with E-state index in [4.69, 9.17) is 0 Å². The molecule has 0 aliphatic carbocycles. The molecule has 1 N–H and O–H groups in total. The van der Waals surface area contributed by atoms with E-state index in [0.29, 0.717) is 0 Å². The number of rotatable bonds is 3. The van der Waals surface area contributed by atoms with Gasteiger partial charge in [-0.1, -0.05) is 42.5 Å². The molecule has 0 spiro atoms. The maximum Gasteiger partial charge on any atom is 0.0975 e. The summed E-state index contributed by atoms with van der Waals surface area (Å²) in [5.74, 6) is 0. The van der Waals surface area contributed by atoms with E-state index in [9.17, 15) is 5.11 Å². The third kappa shape index (κ3) is 2.07. The van der Waals surface area contributed by atoms with Crippen LogP contribution in [-0.4, -0.2) is 5.11 Å². The number of aliphatic hydroxyl groups is 1. The van der Waals surface area contributed by atoms with Gasteiger partial charge in [0.05, 0.1) is 6.10 Å². The van der Waals surface area contributed by atoms with Gasteiger partial charge in [-0.25, -0.2) is 0 Å². The first-order valence-corrected chi connectivity index (χ1v) is 4.22. The van der Waals surface area contributed by atoms with Gasteiger partial charge >= 0.3 is 0 Å². The molecule has 0 aliphatic rings. The molecule has 1 aromatic rings. The summed E-state index contributed by atoms with van der Waals surface area (Å²) in [6, 6.07) is 7.67. The quantitative estimate of drug-likeness (QED) is 0.698. The van der Waals surface area contributed by atoms with Crippen LogP contribution in [0.2, 0.25) is 0 Å². The van der Waals surface area contributed by atoms with Crippen molar-refractivity contribution in [2.75, 3.05) is 0 Å². The van der Waals surface area contributed by atoms with E-state index in [1.54, 1.807) is 0 Å². The normalized spacial score (nSPS) is 12.2. The fourth-order valence-electron chi connectivity index (χ4n) is 1.27. The molecule has 1 unspecified atom stereocenters. The minimum Gasteiger partial charge on any atom is -0.384 e. The number of aliphatic hydroxyl groups excluding tert-OH is 1. The van der Waals surface area contributed by atoms with Crippen molar-refractivity contribution < 1.29 is 5.11 Å². The molecular weight excluding hydrogens is 160 g/mol. The highest BCUT2D eigenvalue weighted by atomic mass is 16.3. The molecule has 1 atom stereocenters. The Morgan fingerprint density at radius 3 is 2.62 bits per heavy atom. The van der Waals surface area contributed by atoms with Crippen molar-refractivity contribution in [3.8, 4) is 0 Å². The number of hydrogen-bond acceptors (Lipinski definition) is 1. The summed E-state index contributed by atoms with van der Waals surface area (Å²) >= 11 is 0. The van der Waals surface area contributed by atoms with Crippen molar-refractivity contribution in [1.82, 2.24) is 0 Å². The van der Waals surface area contributed by atoms with Crippen molar-refractivity contribution in [1.29, 1.82) is 0 Å². The Labute approximate surface area is 79.0 Å². The van der Waals surface area contributed by atoms with Gasteiger partial charge in [-0.3, -0.25) is 0 Å². The smallest absolute Gasteiger partial charge is 0.0975 e. The largest absolute Gasteiger partial charge is 0.384 e. The van der Waals surface area contributed by atoms with Crippen LogP contribution in [-0.2, 0) is 0 Å². The fraction of sp³-hybridized carbons (Fsp3) is 0.167. The van der Waals surface area contributed by atoms with E-state index in [1.807, 2.05) is 31.2 Å². The van der Waals surface area contributed by atoms with E-state index in [0.717, 1.165) is 16.7 Å². The lowest BCUT2D eigenvalue weighted by Gasteiger charge is -2.11. The summed E-state index contributed by atoms with van der Waals surface area (Å²) < 4.78 is 0. The minimum atomic E-state index is -0.604. The van der Waals surface area contributed by atoms with Crippen LogP contribution in [0.15, 0.2) is 43.5 Å². The Kier molecular flexibility index (Phi) is 3.04. The van der Waals surface area contributed by atoms with E-state index in [-0.39, 0.29) is 0 Å². The van der Waals surface area contributed by atoms with Gasteiger partial charge in [0.25, 0.3) is 0 Å². The highest BCUT2D eigenvalue weighted by molar-refractivity contribution is 5.65. The summed E-state index contributed by atoms with van der Waals surface area (Å²) in [5.41, 5.74) is 2.82. The Balaban J connectivity index is 3.19. The summed E-state index contributed by atoms with van der Waals surface area (Å²) in [7, 11) is 0. The second-order valence-electron chi connectivity index (χ2n) is 3.05. The summed E-state index contributed by atoms with van der Waals surface area (Å²) in [6.45, 7) is 9.34. The molecule has 1 nitrogen and oxygen atoms in total. The molecule has 0 amide bonds. The van der Waals surface area contributed by atoms with Crippen LogP contribution in [0.3, 0.4) is 0 Å². The van der Waals surface area contributed by atoms with E-state index in [2.05, 4.69) is 13.2 Å². The van der Waals surface area contributed by atoms with Crippen molar-refractivity contribution >= 4 is 5.57 Å². The van der Waals surface area contributed by atoms with Crippen LogP contribution in [0.4, 0.5) is 0 Å². The molecule has 68 valence electrons. The van der Waals surface area contributed by atoms with Gasteiger partial charge in [-0.2, -0.15) is 0 Å². The number of benzene rings is 1. The molecule has 0 aliphatic heterocycles. The lowest BCUT2D eigenvalue weighted by atomic mass is 9.98. The second-order valence-corrected chi connectivity index (χ2v) is 3.05. The SMILES string of the molecule is C=CC(O)c1ccccc1C(=C)C. The maximum atomic E-state index is 9.60. The van der Waals surface area contributed by atoms with Crippen LogP contribution in [0, 0.1) is 0 Å². The molecule has 0 radical (unpaired) electrons. The molecule has 13 heavy (non-hydrogen) atoms. The molecule has 0 saturated heterocycles. The van der Waals surface area contributed by atoms with Crippen LogP contribution in [0.5, 0.6) is 0 Å². The summed E-state index contributed by atoms with van der Waals surface area (Å²) in [5, 5.41) is 9.60. The van der Waals surface area contributed by atoms with Gasteiger partial charge in [-0.15, -0.1) is 6.58 Å². The van der Waals surface area contributed by atoms with Crippen molar-refractivity contribution in [3.63, 3.8) is 0 Å². The molecule has 0 saturated carbocycles. The molecular formula is C12H14O. The third-order valence-electron chi connectivity index (χ3n) is 1.96. The topological polar surface area (TPSA) is 20.2 Å². The summed E-state index contributed by atoms with van der Waals surface area (Å²) in [6.07, 6.45) is 0.912. The molecule has 1 aromatic carbocycles. The lowest BCUT2D eigenvalue weighted by molar-refractivity contribution is 0.229. The predicted molar refractivity (Wildman–Crippen MR) is 56.3 cm³/mol. The van der Waals surface area contributed by atoms with Crippen LogP contribution < -0.4 is 0 Å². The predicted octanol–water partition coefficient (Wildman–Crippen LogP) is 2.94. The molecule has 0 heterocycles. The third-order valence-corrected chi connectivity index (χ3v) is 1.96. The first-order valence-electron chi connectivity index (χ1n) is 4.22. The Morgan fingerprint density at radius 2 is 2.08 bits per heavy atom. The first kappa shape index (κ1) is 9.75. The highest BCUT2D eigenvalue weighted by Crippen LogP contribution is 2.23. The average molecular weight is 174 g/mol. The molecule has 0 aromatic heterocycles. The average Bonchev–Trinajstić information content (AvgIpc) is 2.16. The highest BCUT2D eigenvalue weighted by Gasteiger charge is 2.07. The molecule has 1 rings (SSSR count). The van der Waals surface area contributed by atoms with Crippen LogP contribution in [0.1, 0.15) is 24.2 Å². The fourth-order valence-corrected chi connectivity index (χ4v) is 1.27. The number of hydrogen-bond donors (Lipinski definition) is 1. The second kappa shape index (κ2) is 4.06. The Hall–Kier alpha value is -1.34. The van der Waals surface area contributed by atoms with E-state index in [1.165, 1.54) is 6.08 Å². The maximum absolute atomic E-state index is 9.60. The standard InChI is InChI=1S/C12H14O/c1-4-12(13)11-8-6-5-7-10(11)9(2)3/h4-8,12-13H,1-2H2,3H3. The molecule has 0 fully saturated rings. The van der Waals surface area contributed by atoms with Gasteiger partial charge in [0.15, 0.2) is 0 Å². The van der Waals surface area contributed by atoms with Crippen molar-refractivity contribution in [2.45, 2.75) is 13.0 Å². The van der Waals surface area contributed by atoms with Gasteiger partial charge in [0.1, 0.15) is 0 Å². The van der Waals surface area contributed by atoms with E-state index >= 15 is 0 Å². The van der Waals surface area contributed by atoms with Gasteiger partial charge < -0.3 is 5.11 Å². The monoisotopic (exact) mass is 174 g/mol. The molecule has 1 heteroatoms. The van der Waals surface area contributed by atoms with Crippen molar-refractivity contribution in [3.05, 3.63) is 54.6 Å². The van der Waals surface area contributed by atoms with Gasteiger partial charge in [0.2, 0.25) is 0 Å². The first-order chi connectivity index (χ1) is 6.16. The van der Waals surface area contributed by atoms with Crippen LogP contribution in [0.25, 0.3) is 5.57 Å². The zero-order valence-electron chi connectivity index (χ0n) is 7.83. The Bertz CT molecular complexity index is 326. The lowest BCUT2D eigenvalue weighted by Crippen LogP contribution is -1.96. The zero-order chi connectivity index (χ0) is 9.84. The minimum absolute atomic E-state index is 0.604. The Morgan fingerprint density at radius 1 is 1.46 bits per heavy atom. The molecule has 0 bridgehead atoms. The van der Waals surface area contributed by atoms with E-state index < -0.39 is 6.10 Å². The van der Waals surface area contributed by atoms with Crippen LogP contribution >= 0.6 is 0 Å². The number of allylic oxidation sites excluding steroid dienone is 1.